The molecule has 3 N–H and O–H groups in total. The topological polar surface area (TPSA) is 61.4 Å². The van der Waals surface area contributed by atoms with E-state index in [1.807, 2.05) is 42.5 Å². The van der Waals surface area contributed by atoms with Gasteiger partial charge in [0.1, 0.15) is 6.04 Å². The number of aliphatic carboxylic acids is 1. The van der Waals surface area contributed by atoms with Gasteiger partial charge in [0.15, 0.2) is 0 Å². The van der Waals surface area contributed by atoms with Gasteiger partial charge in [-0.05, 0) is 30.0 Å². The Morgan fingerprint density at radius 2 is 1.94 bits per heavy atom. The number of rotatable bonds is 5. The number of nitrogens with one attached hydrogen (secondary N) is 2. The van der Waals surface area contributed by atoms with E-state index in [0.29, 0.717) is 6.54 Å². The molecule has 0 bridgehead atoms. The van der Waals surface area contributed by atoms with Crippen LogP contribution in [-0.2, 0) is 4.79 Å². The molecule has 2 rings (SSSR count). The molecule has 4 heteroatoms. The SMILES string of the molecule is CN[C@@H](CNc1ccc2ccccc2c1)C(=O)O. The van der Waals surface area contributed by atoms with Crippen molar-refractivity contribution in [1.82, 2.24) is 5.32 Å². The predicted molar refractivity (Wildman–Crippen MR) is 72.9 cm³/mol. The largest absolute Gasteiger partial charge is 0.480 e. The van der Waals surface area contributed by atoms with E-state index in [-0.39, 0.29) is 0 Å². The molecule has 2 aromatic rings. The van der Waals surface area contributed by atoms with Gasteiger partial charge >= 0.3 is 5.97 Å². The van der Waals surface area contributed by atoms with Gasteiger partial charge in [-0.3, -0.25) is 4.79 Å². The molecule has 1 atom stereocenters. The minimum absolute atomic E-state index is 0.351. The normalized spacial score (nSPS) is 12.3. The van der Waals surface area contributed by atoms with Crippen LogP contribution in [0.15, 0.2) is 42.5 Å². The second kappa shape index (κ2) is 5.51. The highest BCUT2D eigenvalue weighted by molar-refractivity contribution is 5.85. The lowest BCUT2D eigenvalue weighted by Gasteiger charge is -2.13. The summed E-state index contributed by atoms with van der Waals surface area (Å²) in [4.78, 5) is 10.9. The summed E-state index contributed by atoms with van der Waals surface area (Å²) in [6.45, 7) is 0.351. The first-order valence-corrected chi connectivity index (χ1v) is 5.83. The van der Waals surface area contributed by atoms with Gasteiger partial charge in [0, 0.05) is 12.2 Å². The summed E-state index contributed by atoms with van der Waals surface area (Å²) in [5.74, 6) is -0.856. The Morgan fingerprint density at radius 1 is 1.22 bits per heavy atom. The summed E-state index contributed by atoms with van der Waals surface area (Å²) < 4.78 is 0. The predicted octanol–water partition coefficient (Wildman–Crippen LogP) is 1.92. The number of benzene rings is 2. The van der Waals surface area contributed by atoms with Crippen molar-refractivity contribution in [2.75, 3.05) is 18.9 Å². The summed E-state index contributed by atoms with van der Waals surface area (Å²) >= 11 is 0. The lowest BCUT2D eigenvalue weighted by atomic mass is 10.1. The Balaban J connectivity index is 2.10. The number of anilines is 1. The Kier molecular flexibility index (Phi) is 3.79. The fourth-order valence-electron chi connectivity index (χ4n) is 1.83. The van der Waals surface area contributed by atoms with E-state index in [0.717, 1.165) is 11.1 Å². The third-order valence-corrected chi connectivity index (χ3v) is 2.91. The van der Waals surface area contributed by atoms with Gasteiger partial charge in [-0.2, -0.15) is 0 Å². The maximum absolute atomic E-state index is 10.9. The van der Waals surface area contributed by atoms with E-state index in [2.05, 4.69) is 10.6 Å². The van der Waals surface area contributed by atoms with Crippen LogP contribution in [0.1, 0.15) is 0 Å². The minimum atomic E-state index is -0.856. The number of carboxylic acid groups (broad SMARTS) is 1. The van der Waals surface area contributed by atoms with Crippen LogP contribution in [0.25, 0.3) is 10.8 Å². The van der Waals surface area contributed by atoms with E-state index >= 15 is 0 Å². The molecular formula is C14H16N2O2. The maximum atomic E-state index is 10.9. The van der Waals surface area contributed by atoms with Crippen molar-refractivity contribution in [2.24, 2.45) is 0 Å². The first-order valence-electron chi connectivity index (χ1n) is 5.83. The summed E-state index contributed by atoms with van der Waals surface area (Å²) in [7, 11) is 1.64. The van der Waals surface area contributed by atoms with Crippen LogP contribution in [0.5, 0.6) is 0 Å². The fourth-order valence-corrected chi connectivity index (χ4v) is 1.83. The minimum Gasteiger partial charge on any atom is -0.480 e. The van der Waals surface area contributed by atoms with Crippen LogP contribution in [0.3, 0.4) is 0 Å². The quantitative estimate of drug-likeness (QED) is 0.752. The summed E-state index contributed by atoms with van der Waals surface area (Å²) in [5, 5.41) is 17.1. The molecule has 0 saturated heterocycles. The standard InChI is InChI=1S/C14H16N2O2/c1-15-13(14(17)18)9-16-12-7-6-10-4-2-3-5-11(10)8-12/h2-8,13,15-16H,9H2,1H3,(H,17,18)/t13-/m0/s1. The summed E-state index contributed by atoms with van der Waals surface area (Å²) in [5.41, 5.74) is 0.926. The Hall–Kier alpha value is -2.07. The van der Waals surface area contributed by atoms with Crippen LogP contribution in [-0.4, -0.2) is 30.7 Å². The van der Waals surface area contributed by atoms with Crippen LogP contribution in [0.4, 0.5) is 5.69 Å². The molecule has 0 aliphatic heterocycles. The molecule has 0 aliphatic carbocycles. The molecule has 0 heterocycles. The van der Waals surface area contributed by atoms with Crippen LogP contribution in [0.2, 0.25) is 0 Å². The van der Waals surface area contributed by atoms with E-state index in [9.17, 15) is 4.79 Å². The number of carboxylic acids is 1. The van der Waals surface area contributed by atoms with Crippen molar-refractivity contribution in [3.8, 4) is 0 Å². The highest BCUT2D eigenvalue weighted by Gasteiger charge is 2.13. The second-order valence-corrected chi connectivity index (χ2v) is 4.12. The van der Waals surface area contributed by atoms with Gasteiger partial charge in [-0.15, -0.1) is 0 Å². The average Bonchev–Trinajstić information content (AvgIpc) is 2.39. The maximum Gasteiger partial charge on any atom is 0.322 e. The van der Waals surface area contributed by atoms with Crippen molar-refractivity contribution in [3.63, 3.8) is 0 Å². The molecule has 4 nitrogen and oxygen atoms in total. The number of likely N-dealkylation sites (N-methyl/N-ethyl adjacent to an activating group) is 1. The molecule has 0 aliphatic rings. The van der Waals surface area contributed by atoms with Crippen molar-refractivity contribution < 1.29 is 9.90 Å². The lowest BCUT2D eigenvalue weighted by Crippen LogP contribution is -2.39. The van der Waals surface area contributed by atoms with Crippen molar-refractivity contribution in [2.45, 2.75) is 6.04 Å². The van der Waals surface area contributed by atoms with Gasteiger partial charge in [0.25, 0.3) is 0 Å². The summed E-state index contributed by atoms with van der Waals surface area (Å²) in [6.07, 6.45) is 0. The zero-order valence-corrected chi connectivity index (χ0v) is 10.2. The molecular weight excluding hydrogens is 228 g/mol. The molecule has 0 fully saturated rings. The van der Waals surface area contributed by atoms with Gasteiger partial charge in [-0.25, -0.2) is 0 Å². The lowest BCUT2D eigenvalue weighted by molar-refractivity contribution is -0.138. The van der Waals surface area contributed by atoms with Crippen molar-refractivity contribution >= 4 is 22.4 Å². The Morgan fingerprint density at radius 3 is 2.61 bits per heavy atom. The molecule has 94 valence electrons. The van der Waals surface area contributed by atoms with Gasteiger partial charge in [0.2, 0.25) is 0 Å². The molecule has 0 amide bonds. The number of hydrogen-bond donors (Lipinski definition) is 3. The molecule has 18 heavy (non-hydrogen) atoms. The van der Waals surface area contributed by atoms with E-state index in [1.54, 1.807) is 7.05 Å². The summed E-state index contributed by atoms with van der Waals surface area (Å²) in [6, 6.07) is 13.5. The zero-order chi connectivity index (χ0) is 13.0. The first-order chi connectivity index (χ1) is 8.70. The monoisotopic (exact) mass is 244 g/mol. The number of hydrogen-bond acceptors (Lipinski definition) is 3. The molecule has 0 radical (unpaired) electrons. The highest BCUT2D eigenvalue weighted by Crippen LogP contribution is 2.18. The molecule has 0 saturated carbocycles. The third-order valence-electron chi connectivity index (χ3n) is 2.91. The van der Waals surface area contributed by atoms with Crippen LogP contribution >= 0.6 is 0 Å². The van der Waals surface area contributed by atoms with E-state index in [1.165, 1.54) is 5.39 Å². The molecule has 0 spiro atoms. The first kappa shape index (κ1) is 12.4. The van der Waals surface area contributed by atoms with Gasteiger partial charge in [0.05, 0.1) is 0 Å². The van der Waals surface area contributed by atoms with Crippen LogP contribution in [0, 0.1) is 0 Å². The Bertz CT molecular complexity index is 554. The zero-order valence-electron chi connectivity index (χ0n) is 10.2. The average molecular weight is 244 g/mol. The molecule has 0 aromatic heterocycles. The molecule has 2 aromatic carbocycles. The van der Waals surface area contributed by atoms with Crippen molar-refractivity contribution in [3.05, 3.63) is 42.5 Å². The Labute approximate surface area is 106 Å². The number of fused-ring (bicyclic) bond motifs is 1. The third kappa shape index (κ3) is 2.78. The van der Waals surface area contributed by atoms with Crippen molar-refractivity contribution in [1.29, 1.82) is 0 Å². The highest BCUT2D eigenvalue weighted by atomic mass is 16.4. The van der Waals surface area contributed by atoms with Gasteiger partial charge < -0.3 is 15.7 Å². The van der Waals surface area contributed by atoms with Gasteiger partial charge in [-0.1, -0.05) is 30.3 Å². The fraction of sp³-hybridized carbons (Fsp3) is 0.214. The smallest absolute Gasteiger partial charge is 0.322 e. The second-order valence-electron chi connectivity index (χ2n) is 4.12. The van der Waals surface area contributed by atoms with E-state index < -0.39 is 12.0 Å². The number of carbonyl (C=O) groups is 1. The van der Waals surface area contributed by atoms with E-state index in [4.69, 9.17) is 5.11 Å². The van der Waals surface area contributed by atoms with Crippen LogP contribution < -0.4 is 10.6 Å². The molecule has 0 unspecified atom stereocenters.